The SMILES string of the molecule is B1OC(c2ccccc2)(c2ccccc2)[C@H]2CCCN12. The molecule has 3 heteroatoms. The van der Waals surface area contributed by atoms with E-state index in [0.717, 1.165) is 14.2 Å². The summed E-state index contributed by atoms with van der Waals surface area (Å²) in [7, 11) is 0.744. The maximum absolute atomic E-state index is 6.41. The van der Waals surface area contributed by atoms with E-state index in [1.54, 1.807) is 0 Å². The van der Waals surface area contributed by atoms with E-state index in [-0.39, 0.29) is 5.60 Å². The first-order chi connectivity index (χ1) is 9.91. The molecule has 0 aliphatic carbocycles. The molecule has 4 rings (SSSR count). The van der Waals surface area contributed by atoms with Crippen LogP contribution in [0.15, 0.2) is 60.7 Å². The summed E-state index contributed by atoms with van der Waals surface area (Å²) in [6.07, 6.45) is 2.49. The van der Waals surface area contributed by atoms with E-state index in [0.29, 0.717) is 6.04 Å². The summed E-state index contributed by atoms with van der Waals surface area (Å²) in [4.78, 5) is 2.49. The van der Waals surface area contributed by atoms with Gasteiger partial charge in [-0.15, -0.1) is 0 Å². The Morgan fingerprint density at radius 3 is 2.15 bits per heavy atom. The fourth-order valence-electron chi connectivity index (χ4n) is 3.81. The number of hydrogen-bond acceptors (Lipinski definition) is 2. The van der Waals surface area contributed by atoms with Gasteiger partial charge in [-0.3, -0.25) is 0 Å². The van der Waals surface area contributed by atoms with Gasteiger partial charge in [0.15, 0.2) is 0 Å². The molecular weight excluding hydrogens is 245 g/mol. The van der Waals surface area contributed by atoms with Gasteiger partial charge in [0.05, 0.1) is 0 Å². The molecule has 0 amide bonds. The third kappa shape index (κ3) is 1.67. The molecule has 20 heavy (non-hydrogen) atoms. The van der Waals surface area contributed by atoms with Crippen molar-refractivity contribution >= 4 is 7.62 Å². The molecule has 2 aliphatic heterocycles. The van der Waals surface area contributed by atoms with Crippen LogP contribution < -0.4 is 0 Å². The van der Waals surface area contributed by atoms with Crippen LogP contribution in [0.5, 0.6) is 0 Å². The Morgan fingerprint density at radius 1 is 0.950 bits per heavy atom. The first-order valence-electron chi connectivity index (χ1n) is 7.40. The predicted octanol–water partition coefficient (Wildman–Crippen LogP) is 2.69. The van der Waals surface area contributed by atoms with Crippen molar-refractivity contribution in [2.45, 2.75) is 24.5 Å². The van der Waals surface area contributed by atoms with Gasteiger partial charge in [0.25, 0.3) is 0 Å². The lowest BCUT2D eigenvalue weighted by atomic mass is 9.79. The molecule has 1 atom stereocenters. The Labute approximate surface area is 120 Å². The molecule has 2 fully saturated rings. The summed E-state index contributed by atoms with van der Waals surface area (Å²) in [5, 5.41) is 0. The molecule has 0 unspecified atom stereocenters. The molecule has 0 N–H and O–H groups in total. The van der Waals surface area contributed by atoms with E-state index in [1.807, 2.05) is 0 Å². The van der Waals surface area contributed by atoms with Gasteiger partial charge in [-0.1, -0.05) is 60.7 Å². The van der Waals surface area contributed by atoms with Crippen molar-refractivity contribution in [2.75, 3.05) is 6.54 Å². The summed E-state index contributed by atoms with van der Waals surface area (Å²) < 4.78 is 6.41. The van der Waals surface area contributed by atoms with Crippen LogP contribution in [0.3, 0.4) is 0 Å². The van der Waals surface area contributed by atoms with Crippen molar-refractivity contribution in [3.8, 4) is 0 Å². The van der Waals surface area contributed by atoms with Gasteiger partial charge in [0.2, 0.25) is 0 Å². The van der Waals surface area contributed by atoms with Gasteiger partial charge in [-0.25, -0.2) is 0 Å². The predicted molar refractivity (Wildman–Crippen MR) is 81.6 cm³/mol. The fraction of sp³-hybridized carbons (Fsp3) is 0.294. The van der Waals surface area contributed by atoms with Crippen LogP contribution >= 0.6 is 0 Å². The lowest BCUT2D eigenvalue weighted by molar-refractivity contribution is 0.109. The minimum atomic E-state index is -0.293. The Bertz CT molecular complexity index is 547. The highest BCUT2D eigenvalue weighted by molar-refractivity contribution is 6.25. The van der Waals surface area contributed by atoms with Crippen LogP contribution in [0, 0.1) is 0 Å². The molecule has 2 aromatic carbocycles. The molecule has 0 saturated carbocycles. The van der Waals surface area contributed by atoms with E-state index < -0.39 is 0 Å². The van der Waals surface area contributed by atoms with E-state index >= 15 is 0 Å². The maximum atomic E-state index is 6.41. The number of nitrogens with zero attached hydrogens (tertiary/aromatic N) is 1. The van der Waals surface area contributed by atoms with Crippen molar-refractivity contribution in [3.05, 3.63) is 71.8 Å². The Morgan fingerprint density at radius 2 is 1.55 bits per heavy atom. The van der Waals surface area contributed by atoms with Gasteiger partial charge < -0.3 is 9.47 Å². The second-order valence-corrected chi connectivity index (χ2v) is 5.71. The summed E-state index contributed by atoms with van der Waals surface area (Å²) in [5.74, 6) is 0. The molecule has 0 bridgehead atoms. The molecule has 2 aromatic rings. The van der Waals surface area contributed by atoms with Crippen molar-refractivity contribution < 1.29 is 4.65 Å². The highest BCUT2D eigenvalue weighted by atomic mass is 16.5. The summed E-state index contributed by atoms with van der Waals surface area (Å²) in [6.45, 7) is 1.16. The molecule has 0 aromatic heterocycles. The summed E-state index contributed by atoms with van der Waals surface area (Å²) in [5.41, 5.74) is 2.26. The van der Waals surface area contributed by atoms with Gasteiger partial charge in [0.1, 0.15) is 5.60 Å². The Kier molecular flexibility index (Phi) is 2.90. The number of fused-ring (bicyclic) bond motifs is 1. The van der Waals surface area contributed by atoms with Gasteiger partial charge in [0, 0.05) is 6.04 Å². The van der Waals surface area contributed by atoms with Crippen LogP contribution in [0.2, 0.25) is 0 Å². The first kappa shape index (κ1) is 12.2. The fourth-order valence-corrected chi connectivity index (χ4v) is 3.81. The number of benzene rings is 2. The van der Waals surface area contributed by atoms with Crippen molar-refractivity contribution in [3.63, 3.8) is 0 Å². The third-order valence-electron chi connectivity index (χ3n) is 4.70. The van der Waals surface area contributed by atoms with Crippen molar-refractivity contribution in [2.24, 2.45) is 0 Å². The molecule has 2 aliphatic rings. The van der Waals surface area contributed by atoms with Crippen LogP contribution in [0.1, 0.15) is 24.0 Å². The average molecular weight is 263 g/mol. The molecule has 0 spiro atoms. The largest absolute Gasteiger partial charge is 0.409 e. The third-order valence-corrected chi connectivity index (χ3v) is 4.70. The van der Waals surface area contributed by atoms with Crippen molar-refractivity contribution in [1.29, 1.82) is 0 Å². The Hall–Kier alpha value is -1.58. The van der Waals surface area contributed by atoms with E-state index in [1.165, 1.54) is 24.0 Å². The highest BCUT2D eigenvalue weighted by Gasteiger charge is 2.52. The standard InChI is InChI=1S/C17H18BNO/c1-3-8-14(9-4-1)17(15-10-5-2-6-11-15)16-12-7-13-19(16)18-20-17/h1-6,8-11,16,18H,7,12-13H2/t16-/m1/s1. The summed E-state index contributed by atoms with van der Waals surface area (Å²) >= 11 is 0. The van der Waals surface area contributed by atoms with E-state index in [2.05, 4.69) is 65.5 Å². The van der Waals surface area contributed by atoms with E-state index in [9.17, 15) is 0 Å². The molecular formula is C17H18BNO. The molecule has 100 valence electrons. The number of hydrogen-bond donors (Lipinski definition) is 0. The average Bonchev–Trinajstić information content (AvgIpc) is 3.11. The second kappa shape index (κ2) is 4.76. The van der Waals surface area contributed by atoms with Crippen LogP contribution in [-0.4, -0.2) is 25.0 Å². The second-order valence-electron chi connectivity index (χ2n) is 5.71. The zero-order chi connectivity index (χ0) is 13.4. The van der Waals surface area contributed by atoms with E-state index in [4.69, 9.17) is 4.65 Å². The monoisotopic (exact) mass is 263 g/mol. The maximum Gasteiger partial charge on any atom is 0.364 e. The zero-order valence-electron chi connectivity index (χ0n) is 11.5. The minimum Gasteiger partial charge on any atom is -0.409 e. The lowest BCUT2D eigenvalue weighted by Gasteiger charge is -2.36. The molecule has 2 nitrogen and oxygen atoms in total. The molecule has 2 saturated heterocycles. The van der Waals surface area contributed by atoms with Gasteiger partial charge in [-0.2, -0.15) is 0 Å². The first-order valence-corrected chi connectivity index (χ1v) is 7.40. The minimum absolute atomic E-state index is 0.293. The van der Waals surface area contributed by atoms with Crippen LogP contribution in [-0.2, 0) is 10.3 Å². The topological polar surface area (TPSA) is 12.5 Å². The van der Waals surface area contributed by atoms with Crippen LogP contribution in [0.4, 0.5) is 0 Å². The number of rotatable bonds is 2. The molecule has 2 heterocycles. The summed E-state index contributed by atoms with van der Waals surface area (Å²) in [6, 6.07) is 21.9. The quantitative estimate of drug-likeness (QED) is 0.772. The van der Waals surface area contributed by atoms with Gasteiger partial charge >= 0.3 is 7.62 Å². The van der Waals surface area contributed by atoms with Crippen molar-refractivity contribution in [1.82, 2.24) is 4.81 Å². The van der Waals surface area contributed by atoms with Gasteiger partial charge in [-0.05, 0) is 30.5 Å². The normalized spacial score (nSPS) is 24.3. The van der Waals surface area contributed by atoms with Crippen LogP contribution in [0.25, 0.3) is 0 Å². The smallest absolute Gasteiger partial charge is 0.364 e. The lowest BCUT2D eigenvalue weighted by Crippen LogP contribution is -2.40. The molecule has 0 radical (unpaired) electrons. The zero-order valence-corrected chi connectivity index (χ0v) is 11.5. The Balaban J connectivity index is 1.90. The highest BCUT2D eigenvalue weighted by Crippen LogP contribution is 2.46.